The number of benzene rings is 1. The summed E-state index contributed by atoms with van der Waals surface area (Å²) in [6.07, 6.45) is 3.41. The second-order valence-electron chi connectivity index (χ2n) is 9.27. The van der Waals surface area contributed by atoms with Crippen LogP contribution in [-0.4, -0.2) is 82.2 Å². The summed E-state index contributed by atoms with van der Waals surface area (Å²) in [6, 6.07) is 10.4. The lowest BCUT2D eigenvalue weighted by atomic mass is 9.97. The molecule has 0 saturated carbocycles. The minimum absolute atomic E-state index is 0.284. The highest BCUT2D eigenvalue weighted by Gasteiger charge is 2.34. The number of piperidine rings is 1. The highest BCUT2D eigenvalue weighted by molar-refractivity contribution is 5.84. The van der Waals surface area contributed by atoms with Gasteiger partial charge < -0.3 is 15.0 Å². The van der Waals surface area contributed by atoms with E-state index in [1.807, 2.05) is 0 Å². The van der Waals surface area contributed by atoms with E-state index >= 15 is 0 Å². The van der Waals surface area contributed by atoms with E-state index < -0.39 is 0 Å². The van der Waals surface area contributed by atoms with Gasteiger partial charge >= 0.3 is 0 Å². The number of hydrogen-bond acceptors (Lipinski definition) is 4. The van der Waals surface area contributed by atoms with E-state index in [1.54, 1.807) is 0 Å². The van der Waals surface area contributed by atoms with Gasteiger partial charge in [0.05, 0.1) is 0 Å². The molecule has 1 aromatic heterocycles. The molecule has 0 bridgehead atoms. The molecule has 5 heteroatoms. The summed E-state index contributed by atoms with van der Waals surface area (Å²) in [5.74, 6) is 0. The number of aromatic amines is 1. The van der Waals surface area contributed by atoms with Crippen molar-refractivity contribution >= 4 is 10.9 Å². The van der Waals surface area contributed by atoms with Crippen LogP contribution in [0, 0.1) is 6.92 Å². The molecule has 2 aromatic rings. The van der Waals surface area contributed by atoms with E-state index in [9.17, 15) is 5.11 Å². The standard InChI is InChI=1S/C24H38N4O/c1-18(2)27-11-8-20(9-12-27)28-14-13-26(16-21(28)10-15-29)17-23-19(3)25-24-7-5-4-6-22(23)24/h4-7,18,20-21,25,29H,8-17H2,1-3H3. The van der Waals surface area contributed by atoms with Crippen molar-refractivity contribution < 1.29 is 5.11 Å². The Labute approximate surface area is 175 Å². The number of nitrogens with zero attached hydrogens (tertiary/aromatic N) is 3. The molecule has 2 aliphatic rings. The average Bonchev–Trinajstić information content (AvgIpc) is 3.04. The molecule has 0 amide bonds. The Kier molecular flexibility index (Phi) is 6.60. The summed E-state index contributed by atoms with van der Waals surface area (Å²) >= 11 is 0. The molecular formula is C24H38N4O. The van der Waals surface area contributed by atoms with Crippen LogP contribution in [0.4, 0.5) is 0 Å². The fourth-order valence-corrected chi connectivity index (χ4v) is 5.46. The number of H-pyrrole nitrogens is 1. The van der Waals surface area contributed by atoms with Gasteiger partial charge in [0.1, 0.15) is 0 Å². The van der Waals surface area contributed by atoms with Gasteiger partial charge in [-0.1, -0.05) is 18.2 Å². The number of likely N-dealkylation sites (tertiary alicyclic amines) is 1. The van der Waals surface area contributed by atoms with Crippen LogP contribution in [0.15, 0.2) is 24.3 Å². The molecule has 29 heavy (non-hydrogen) atoms. The fourth-order valence-electron chi connectivity index (χ4n) is 5.46. The number of aliphatic hydroxyl groups excluding tert-OH is 1. The molecule has 0 radical (unpaired) electrons. The quantitative estimate of drug-likeness (QED) is 0.784. The molecule has 1 atom stereocenters. The average molecular weight is 399 g/mol. The van der Waals surface area contributed by atoms with Crippen molar-refractivity contribution in [3.8, 4) is 0 Å². The van der Waals surface area contributed by atoms with Gasteiger partial charge in [-0.3, -0.25) is 9.80 Å². The molecule has 1 unspecified atom stereocenters. The molecule has 2 aliphatic heterocycles. The van der Waals surface area contributed by atoms with Crippen LogP contribution in [0.2, 0.25) is 0 Å². The van der Waals surface area contributed by atoms with Gasteiger partial charge in [-0.2, -0.15) is 0 Å². The molecule has 2 saturated heterocycles. The summed E-state index contributed by atoms with van der Waals surface area (Å²) in [4.78, 5) is 11.5. The summed E-state index contributed by atoms with van der Waals surface area (Å²) in [6.45, 7) is 13.8. The van der Waals surface area contributed by atoms with Gasteiger partial charge in [-0.15, -0.1) is 0 Å². The number of nitrogens with one attached hydrogen (secondary N) is 1. The molecule has 4 rings (SSSR count). The van der Waals surface area contributed by atoms with Gasteiger partial charge in [0.15, 0.2) is 0 Å². The highest BCUT2D eigenvalue weighted by Crippen LogP contribution is 2.27. The molecule has 0 aliphatic carbocycles. The maximum Gasteiger partial charge on any atom is 0.0459 e. The molecule has 1 aromatic carbocycles. The largest absolute Gasteiger partial charge is 0.396 e. The maximum atomic E-state index is 9.72. The number of aryl methyl sites for hydroxylation is 1. The van der Waals surface area contributed by atoms with Gasteiger partial charge in [0, 0.05) is 67.5 Å². The smallest absolute Gasteiger partial charge is 0.0459 e. The monoisotopic (exact) mass is 398 g/mol. The molecule has 3 heterocycles. The van der Waals surface area contributed by atoms with E-state index in [1.165, 1.54) is 48.1 Å². The Morgan fingerprint density at radius 2 is 1.86 bits per heavy atom. The van der Waals surface area contributed by atoms with Crippen molar-refractivity contribution in [3.05, 3.63) is 35.5 Å². The predicted molar refractivity (Wildman–Crippen MR) is 120 cm³/mol. The van der Waals surface area contributed by atoms with Crippen molar-refractivity contribution in [1.29, 1.82) is 0 Å². The zero-order chi connectivity index (χ0) is 20.4. The number of piperazine rings is 1. The molecular weight excluding hydrogens is 360 g/mol. The molecule has 0 spiro atoms. The van der Waals surface area contributed by atoms with Crippen molar-refractivity contribution in [2.45, 2.75) is 64.7 Å². The second-order valence-corrected chi connectivity index (χ2v) is 9.27. The molecule has 160 valence electrons. The Morgan fingerprint density at radius 1 is 1.10 bits per heavy atom. The second kappa shape index (κ2) is 9.17. The summed E-state index contributed by atoms with van der Waals surface area (Å²) in [7, 11) is 0. The van der Waals surface area contributed by atoms with Crippen LogP contribution in [-0.2, 0) is 6.54 Å². The SMILES string of the molecule is Cc1[nH]c2ccccc2c1CN1CCN(C2CCN(C(C)C)CC2)C(CCO)C1. The molecule has 2 N–H and O–H groups in total. The normalized spacial score (nSPS) is 23.4. The van der Waals surface area contributed by atoms with Crippen LogP contribution in [0.3, 0.4) is 0 Å². The number of fused-ring (bicyclic) bond motifs is 1. The molecule has 2 fully saturated rings. The van der Waals surface area contributed by atoms with Crippen LogP contribution < -0.4 is 0 Å². The van der Waals surface area contributed by atoms with E-state index in [0.29, 0.717) is 18.1 Å². The maximum absolute atomic E-state index is 9.72. The van der Waals surface area contributed by atoms with E-state index in [2.05, 4.69) is 64.7 Å². The Bertz CT molecular complexity index is 793. The lowest BCUT2D eigenvalue weighted by Gasteiger charge is -2.48. The summed E-state index contributed by atoms with van der Waals surface area (Å²) in [5, 5.41) is 11.1. The lowest BCUT2D eigenvalue weighted by Crippen LogP contribution is -2.58. The minimum atomic E-state index is 0.284. The third-order valence-corrected chi connectivity index (χ3v) is 7.18. The van der Waals surface area contributed by atoms with Crippen molar-refractivity contribution in [2.24, 2.45) is 0 Å². The number of hydrogen-bond donors (Lipinski definition) is 2. The van der Waals surface area contributed by atoms with E-state index in [-0.39, 0.29) is 6.61 Å². The first kappa shape index (κ1) is 20.9. The van der Waals surface area contributed by atoms with Crippen LogP contribution in [0.25, 0.3) is 10.9 Å². The fraction of sp³-hybridized carbons (Fsp3) is 0.667. The van der Waals surface area contributed by atoms with Gasteiger partial charge in [-0.25, -0.2) is 0 Å². The Hall–Kier alpha value is -1.40. The number of aliphatic hydroxyl groups is 1. The van der Waals surface area contributed by atoms with Crippen LogP contribution in [0.1, 0.15) is 44.4 Å². The first-order valence-corrected chi connectivity index (χ1v) is 11.5. The van der Waals surface area contributed by atoms with E-state index in [4.69, 9.17) is 0 Å². The van der Waals surface area contributed by atoms with Crippen molar-refractivity contribution in [1.82, 2.24) is 19.7 Å². The Morgan fingerprint density at radius 3 is 2.59 bits per heavy atom. The third-order valence-electron chi connectivity index (χ3n) is 7.18. The zero-order valence-electron chi connectivity index (χ0n) is 18.4. The van der Waals surface area contributed by atoms with Gasteiger partial charge in [0.2, 0.25) is 0 Å². The number of para-hydroxylation sites is 1. The van der Waals surface area contributed by atoms with Gasteiger partial charge in [-0.05, 0) is 64.8 Å². The summed E-state index contributed by atoms with van der Waals surface area (Å²) in [5.41, 5.74) is 3.96. The topological polar surface area (TPSA) is 45.7 Å². The summed E-state index contributed by atoms with van der Waals surface area (Å²) < 4.78 is 0. The zero-order valence-corrected chi connectivity index (χ0v) is 18.4. The van der Waals surface area contributed by atoms with E-state index in [0.717, 1.165) is 32.6 Å². The third kappa shape index (κ3) is 4.53. The van der Waals surface area contributed by atoms with Gasteiger partial charge in [0.25, 0.3) is 0 Å². The first-order chi connectivity index (χ1) is 14.1. The molecule has 5 nitrogen and oxygen atoms in total. The predicted octanol–water partition coefficient (Wildman–Crippen LogP) is 3.22. The first-order valence-electron chi connectivity index (χ1n) is 11.5. The highest BCUT2D eigenvalue weighted by atomic mass is 16.3. The number of aromatic nitrogens is 1. The van der Waals surface area contributed by atoms with Crippen LogP contribution >= 0.6 is 0 Å². The minimum Gasteiger partial charge on any atom is -0.396 e. The number of rotatable bonds is 6. The van der Waals surface area contributed by atoms with Crippen LogP contribution in [0.5, 0.6) is 0 Å². The van der Waals surface area contributed by atoms with Crippen molar-refractivity contribution in [2.75, 3.05) is 39.3 Å². The lowest BCUT2D eigenvalue weighted by molar-refractivity contribution is 0.0000271. The Balaban J connectivity index is 1.42. The van der Waals surface area contributed by atoms with Crippen molar-refractivity contribution in [3.63, 3.8) is 0 Å².